The molecule has 1 unspecified atom stereocenters. The van der Waals surface area contributed by atoms with Crippen LogP contribution in [-0.2, 0) is 9.59 Å². The Morgan fingerprint density at radius 2 is 1.91 bits per heavy atom. The molecule has 2 aliphatic heterocycles. The van der Waals surface area contributed by atoms with Crippen molar-refractivity contribution in [2.24, 2.45) is 0 Å². The molecule has 1 atom stereocenters. The van der Waals surface area contributed by atoms with Crippen LogP contribution in [0.4, 0.5) is 0 Å². The van der Waals surface area contributed by atoms with Crippen molar-refractivity contribution < 1.29 is 14.1 Å². The lowest BCUT2D eigenvalue weighted by Crippen LogP contribution is -2.49. The monoisotopic (exact) mass is 306 g/mol. The van der Waals surface area contributed by atoms with Gasteiger partial charge < -0.3 is 14.3 Å². The fourth-order valence-corrected chi connectivity index (χ4v) is 3.44. The van der Waals surface area contributed by atoms with Crippen LogP contribution in [0, 0.1) is 6.92 Å². The molecule has 0 radical (unpaired) electrons. The summed E-state index contributed by atoms with van der Waals surface area (Å²) in [5.41, 5.74) is 0. The lowest BCUT2D eigenvalue weighted by Gasteiger charge is -2.34. The van der Waals surface area contributed by atoms with E-state index in [2.05, 4.69) is 10.1 Å². The Hall–Kier alpha value is -1.92. The number of carbonyl (C=O) groups excluding carboxylic acids is 2. The highest BCUT2D eigenvalue weighted by atomic mass is 16.5. The van der Waals surface area contributed by atoms with Gasteiger partial charge in [-0.15, -0.1) is 0 Å². The average molecular weight is 306 g/mol. The zero-order valence-corrected chi connectivity index (χ0v) is 13.1. The Morgan fingerprint density at radius 3 is 2.50 bits per heavy atom. The Morgan fingerprint density at radius 1 is 1.18 bits per heavy atom. The molecule has 3 heterocycles. The summed E-state index contributed by atoms with van der Waals surface area (Å²) in [5, 5.41) is 3.83. The first-order chi connectivity index (χ1) is 10.6. The van der Waals surface area contributed by atoms with E-state index in [1.807, 2.05) is 11.8 Å². The molecule has 2 aliphatic rings. The lowest BCUT2D eigenvalue weighted by atomic mass is 9.96. The smallest absolute Gasteiger partial charge is 0.245 e. The lowest BCUT2D eigenvalue weighted by molar-refractivity contribution is -0.143. The second kappa shape index (κ2) is 6.06. The molecule has 0 spiro atoms. The van der Waals surface area contributed by atoms with E-state index in [0.717, 1.165) is 25.7 Å². The highest BCUT2D eigenvalue weighted by molar-refractivity contribution is 5.87. The SMILES string of the molecule is CC(=O)N1CCCC1C(=O)N1CCC(c2nc(C)no2)CC1. The maximum atomic E-state index is 12.6. The van der Waals surface area contributed by atoms with Crippen LogP contribution in [0.15, 0.2) is 4.52 Å². The third-order valence-corrected chi connectivity index (χ3v) is 4.64. The van der Waals surface area contributed by atoms with Crippen LogP contribution in [0.1, 0.15) is 50.2 Å². The van der Waals surface area contributed by atoms with Crippen molar-refractivity contribution in [3.63, 3.8) is 0 Å². The van der Waals surface area contributed by atoms with Gasteiger partial charge in [-0.1, -0.05) is 5.16 Å². The Labute approximate surface area is 129 Å². The molecule has 7 heteroatoms. The summed E-state index contributed by atoms with van der Waals surface area (Å²) >= 11 is 0. The first kappa shape index (κ1) is 15.0. The normalized spacial score (nSPS) is 23.1. The minimum Gasteiger partial charge on any atom is -0.341 e. The minimum absolute atomic E-state index is 0.00734. The summed E-state index contributed by atoms with van der Waals surface area (Å²) in [5.74, 6) is 1.64. The molecule has 3 rings (SSSR count). The standard InChI is InChI=1S/C15H22N4O3/c1-10-16-14(22-17-10)12-5-8-18(9-6-12)15(21)13-4-3-7-19(13)11(2)20/h12-13H,3-9H2,1-2H3. The number of rotatable bonds is 2. The number of likely N-dealkylation sites (tertiary alicyclic amines) is 2. The zero-order chi connectivity index (χ0) is 15.7. The van der Waals surface area contributed by atoms with Crippen LogP contribution >= 0.6 is 0 Å². The number of piperidine rings is 1. The van der Waals surface area contributed by atoms with Gasteiger partial charge in [0.15, 0.2) is 5.82 Å². The number of nitrogens with zero attached hydrogens (tertiary/aromatic N) is 4. The van der Waals surface area contributed by atoms with Gasteiger partial charge in [0.2, 0.25) is 17.7 Å². The number of carbonyl (C=O) groups is 2. The minimum atomic E-state index is -0.264. The van der Waals surface area contributed by atoms with Crippen molar-refractivity contribution in [3.8, 4) is 0 Å². The van der Waals surface area contributed by atoms with Crippen molar-refractivity contribution in [2.75, 3.05) is 19.6 Å². The molecule has 120 valence electrons. The summed E-state index contributed by atoms with van der Waals surface area (Å²) in [7, 11) is 0. The van der Waals surface area contributed by atoms with E-state index in [1.165, 1.54) is 6.92 Å². The van der Waals surface area contributed by atoms with Crippen molar-refractivity contribution in [3.05, 3.63) is 11.7 Å². The molecule has 0 bridgehead atoms. The fourth-order valence-electron chi connectivity index (χ4n) is 3.44. The molecule has 0 aliphatic carbocycles. The van der Waals surface area contributed by atoms with E-state index >= 15 is 0 Å². The van der Waals surface area contributed by atoms with E-state index in [-0.39, 0.29) is 23.8 Å². The second-order valence-electron chi connectivity index (χ2n) is 6.15. The Bertz CT molecular complexity index is 563. The summed E-state index contributed by atoms with van der Waals surface area (Å²) in [6.07, 6.45) is 3.36. The van der Waals surface area contributed by atoms with E-state index in [9.17, 15) is 9.59 Å². The van der Waals surface area contributed by atoms with Crippen molar-refractivity contribution in [1.29, 1.82) is 0 Å². The maximum Gasteiger partial charge on any atom is 0.245 e. The third kappa shape index (κ3) is 2.84. The van der Waals surface area contributed by atoms with Gasteiger partial charge in [-0.3, -0.25) is 9.59 Å². The van der Waals surface area contributed by atoms with E-state index in [0.29, 0.717) is 31.3 Å². The van der Waals surface area contributed by atoms with Gasteiger partial charge >= 0.3 is 0 Å². The summed E-state index contributed by atoms with van der Waals surface area (Å²) in [4.78, 5) is 32.1. The van der Waals surface area contributed by atoms with Gasteiger partial charge in [0, 0.05) is 32.5 Å². The third-order valence-electron chi connectivity index (χ3n) is 4.64. The van der Waals surface area contributed by atoms with Gasteiger partial charge in [0.1, 0.15) is 6.04 Å². The molecule has 0 N–H and O–H groups in total. The van der Waals surface area contributed by atoms with E-state index in [1.54, 1.807) is 4.90 Å². The molecule has 1 aromatic rings. The van der Waals surface area contributed by atoms with Gasteiger partial charge in [-0.2, -0.15) is 4.98 Å². The Balaban J connectivity index is 1.59. The van der Waals surface area contributed by atoms with Crippen molar-refractivity contribution in [1.82, 2.24) is 19.9 Å². The van der Waals surface area contributed by atoms with Gasteiger partial charge in [0.25, 0.3) is 0 Å². The quantitative estimate of drug-likeness (QED) is 0.817. The highest BCUT2D eigenvalue weighted by Gasteiger charge is 2.37. The predicted molar refractivity (Wildman–Crippen MR) is 78.0 cm³/mol. The molecule has 1 aromatic heterocycles. The van der Waals surface area contributed by atoms with E-state index in [4.69, 9.17) is 4.52 Å². The Kier molecular flexibility index (Phi) is 4.13. The molecule has 22 heavy (non-hydrogen) atoms. The predicted octanol–water partition coefficient (Wildman–Crippen LogP) is 1.09. The fraction of sp³-hybridized carbons (Fsp3) is 0.733. The molecule has 7 nitrogen and oxygen atoms in total. The molecular formula is C15H22N4O3. The maximum absolute atomic E-state index is 12.6. The number of amides is 2. The number of aromatic nitrogens is 2. The van der Waals surface area contributed by atoms with Crippen LogP contribution < -0.4 is 0 Å². The molecule has 0 aromatic carbocycles. The molecule has 0 saturated carbocycles. The van der Waals surface area contributed by atoms with Gasteiger partial charge in [0.05, 0.1) is 0 Å². The van der Waals surface area contributed by atoms with Crippen LogP contribution in [0.25, 0.3) is 0 Å². The largest absolute Gasteiger partial charge is 0.341 e. The highest BCUT2D eigenvalue weighted by Crippen LogP contribution is 2.28. The summed E-state index contributed by atoms with van der Waals surface area (Å²) < 4.78 is 5.23. The van der Waals surface area contributed by atoms with E-state index < -0.39 is 0 Å². The van der Waals surface area contributed by atoms with Crippen LogP contribution in [0.2, 0.25) is 0 Å². The van der Waals surface area contributed by atoms with Crippen molar-refractivity contribution >= 4 is 11.8 Å². The number of hydrogen-bond donors (Lipinski definition) is 0. The topological polar surface area (TPSA) is 79.5 Å². The van der Waals surface area contributed by atoms with Crippen LogP contribution in [0.3, 0.4) is 0 Å². The molecule has 2 amide bonds. The second-order valence-corrected chi connectivity index (χ2v) is 6.15. The zero-order valence-electron chi connectivity index (χ0n) is 13.1. The number of hydrogen-bond acceptors (Lipinski definition) is 5. The summed E-state index contributed by atoms with van der Waals surface area (Å²) in [6.45, 7) is 5.42. The van der Waals surface area contributed by atoms with Crippen LogP contribution in [0.5, 0.6) is 0 Å². The molecule has 2 saturated heterocycles. The van der Waals surface area contributed by atoms with Crippen LogP contribution in [-0.4, -0.2) is 57.4 Å². The van der Waals surface area contributed by atoms with Crippen molar-refractivity contribution in [2.45, 2.75) is 51.5 Å². The molecular weight excluding hydrogens is 284 g/mol. The first-order valence-corrected chi connectivity index (χ1v) is 7.92. The summed E-state index contributed by atoms with van der Waals surface area (Å²) in [6, 6.07) is -0.264. The van der Waals surface area contributed by atoms with Gasteiger partial charge in [-0.05, 0) is 32.6 Å². The first-order valence-electron chi connectivity index (χ1n) is 7.92. The average Bonchev–Trinajstić information content (AvgIpc) is 3.15. The van der Waals surface area contributed by atoms with Gasteiger partial charge in [-0.25, -0.2) is 0 Å². The number of aryl methyl sites for hydroxylation is 1. The molecule has 2 fully saturated rings.